The van der Waals surface area contributed by atoms with Gasteiger partial charge in [0.15, 0.2) is 11.5 Å². The van der Waals surface area contributed by atoms with Crippen LogP contribution in [0.25, 0.3) is 16.9 Å². The second-order valence-corrected chi connectivity index (χ2v) is 6.18. The van der Waals surface area contributed by atoms with Crippen molar-refractivity contribution in [2.45, 2.75) is 26.2 Å². The van der Waals surface area contributed by atoms with E-state index in [1.165, 1.54) is 24.0 Å². The Morgan fingerprint density at radius 1 is 1.18 bits per heavy atom. The molecule has 0 atom stereocenters. The summed E-state index contributed by atoms with van der Waals surface area (Å²) >= 11 is 0. The quantitative estimate of drug-likeness (QED) is 0.673. The topological polar surface area (TPSA) is 30.2 Å². The molecular formula is C19H19N3. The van der Waals surface area contributed by atoms with Crippen molar-refractivity contribution in [3.05, 3.63) is 66.0 Å². The molecule has 0 unspecified atom stereocenters. The first kappa shape index (κ1) is 13.3. The summed E-state index contributed by atoms with van der Waals surface area (Å²) in [4.78, 5) is 4.66. The lowest BCUT2D eigenvalue weighted by atomic mass is 10.1. The van der Waals surface area contributed by atoms with E-state index in [-0.39, 0.29) is 0 Å². The monoisotopic (exact) mass is 289 g/mol. The highest BCUT2D eigenvalue weighted by Crippen LogP contribution is 2.36. The Labute approximate surface area is 130 Å². The number of benzene rings is 1. The van der Waals surface area contributed by atoms with Crippen molar-refractivity contribution in [3.8, 4) is 11.3 Å². The Kier molecular flexibility index (Phi) is 3.07. The van der Waals surface area contributed by atoms with Gasteiger partial charge in [-0.1, -0.05) is 48.0 Å². The SMILES string of the molecule is C=C(Cc1nc2cccc(-c3ccc(C)cc3)n2n1)C1CC1. The minimum atomic E-state index is 0.697. The fourth-order valence-electron chi connectivity index (χ4n) is 2.81. The third-order valence-electron chi connectivity index (χ3n) is 4.29. The normalized spacial score (nSPS) is 14.4. The number of aromatic nitrogens is 3. The van der Waals surface area contributed by atoms with Crippen LogP contribution in [0.15, 0.2) is 54.6 Å². The fraction of sp³-hybridized carbons (Fsp3) is 0.263. The van der Waals surface area contributed by atoms with Crippen molar-refractivity contribution < 1.29 is 0 Å². The van der Waals surface area contributed by atoms with Gasteiger partial charge in [0.05, 0.1) is 5.69 Å². The Balaban J connectivity index is 1.74. The van der Waals surface area contributed by atoms with Crippen LogP contribution in [-0.4, -0.2) is 14.6 Å². The first-order chi connectivity index (χ1) is 10.7. The van der Waals surface area contributed by atoms with E-state index in [2.05, 4.69) is 48.8 Å². The number of fused-ring (bicyclic) bond motifs is 1. The average molecular weight is 289 g/mol. The second-order valence-electron chi connectivity index (χ2n) is 6.18. The molecule has 1 aliphatic rings. The zero-order valence-electron chi connectivity index (χ0n) is 12.8. The maximum absolute atomic E-state index is 4.71. The van der Waals surface area contributed by atoms with E-state index < -0.39 is 0 Å². The molecule has 3 aromatic rings. The van der Waals surface area contributed by atoms with Crippen LogP contribution in [0.1, 0.15) is 24.2 Å². The highest BCUT2D eigenvalue weighted by molar-refractivity contribution is 5.63. The van der Waals surface area contributed by atoms with Gasteiger partial charge in [-0.3, -0.25) is 0 Å². The zero-order valence-corrected chi connectivity index (χ0v) is 12.8. The van der Waals surface area contributed by atoms with Crippen LogP contribution in [0.2, 0.25) is 0 Å². The fourth-order valence-corrected chi connectivity index (χ4v) is 2.81. The molecule has 22 heavy (non-hydrogen) atoms. The van der Waals surface area contributed by atoms with Crippen LogP contribution in [0, 0.1) is 12.8 Å². The molecule has 2 aromatic heterocycles. The molecule has 2 heterocycles. The van der Waals surface area contributed by atoms with Crippen LogP contribution < -0.4 is 0 Å². The van der Waals surface area contributed by atoms with Crippen LogP contribution in [0.5, 0.6) is 0 Å². The molecule has 110 valence electrons. The summed E-state index contributed by atoms with van der Waals surface area (Å²) in [5, 5.41) is 4.71. The number of hydrogen-bond acceptors (Lipinski definition) is 2. The molecular weight excluding hydrogens is 270 g/mol. The number of rotatable bonds is 4. The van der Waals surface area contributed by atoms with Crippen molar-refractivity contribution in [1.29, 1.82) is 0 Å². The lowest BCUT2D eigenvalue weighted by Gasteiger charge is -2.04. The van der Waals surface area contributed by atoms with E-state index in [1.54, 1.807) is 0 Å². The van der Waals surface area contributed by atoms with Gasteiger partial charge in [-0.15, -0.1) is 0 Å². The summed E-state index contributed by atoms with van der Waals surface area (Å²) in [6, 6.07) is 14.7. The van der Waals surface area contributed by atoms with Gasteiger partial charge in [-0.2, -0.15) is 5.10 Å². The van der Waals surface area contributed by atoms with Gasteiger partial charge in [-0.05, 0) is 37.8 Å². The first-order valence-corrected chi connectivity index (χ1v) is 7.80. The van der Waals surface area contributed by atoms with E-state index in [1.807, 2.05) is 16.6 Å². The summed E-state index contributed by atoms with van der Waals surface area (Å²) in [5.41, 5.74) is 5.67. The maximum Gasteiger partial charge on any atom is 0.156 e. The summed E-state index contributed by atoms with van der Waals surface area (Å²) in [7, 11) is 0. The lowest BCUT2D eigenvalue weighted by molar-refractivity contribution is 0.856. The summed E-state index contributed by atoms with van der Waals surface area (Å²) in [6.07, 6.45) is 3.35. The van der Waals surface area contributed by atoms with E-state index in [0.717, 1.165) is 29.1 Å². The Hall–Kier alpha value is -2.42. The molecule has 0 aliphatic heterocycles. The van der Waals surface area contributed by atoms with Crippen molar-refractivity contribution in [3.63, 3.8) is 0 Å². The number of hydrogen-bond donors (Lipinski definition) is 0. The molecule has 0 radical (unpaired) electrons. The van der Waals surface area contributed by atoms with E-state index >= 15 is 0 Å². The molecule has 1 fully saturated rings. The number of nitrogens with zero attached hydrogens (tertiary/aromatic N) is 3. The van der Waals surface area contributed by atoms with Crippen LogP contribution in [0.3, 0.4) is 0 Å². The van der Waals surface area contributed by atoms with Crippen LogP contribution >= 0.6 is 0 Å². The van der Waals surface area contributed by atoms with Gasteiger partial charge in [0, 0.05) is 12.0 Å². The third-order valence-corrected chi connectivity index (χ3v) is 4.29. The molecule has 3 nitrogen and oxygen atoms in total. The first-order valence-electron chi connectivity index (χ1n) is 7.80. The number of pyridine rings is 1. The summed E-state index contributed by atoms with van der Waals surface area (Å²) < 4.78 is 1.94. The van der Waals surface area contributed by atoms with Gasteiger partial charge in [0.25, 0.3) is 0 Å². The molecule has 0 saturated heterocycles. The minimum Gasteiger partial charge on any atom is -0.213 e. The number of allylic oxidation sites excluding steroid dienone is 1. The standard InChI is InChI=1S/C19H19N3/c1-13-6-8-16(9-7-13)17-4-3-5-19-20-18(21-22(17)19)12-14(2)15-10-11-15/h3-9,15H,2,10-12H2,1H3. The molecule has 3 heteroatoms. The Morgan fingerprint density at radius 2 is 1.95 bits per heavy atom. The van der Waals surface area contributed by atoms with Gasteiger partial charge < -0.3 is 0 Å². The molecule has 1 aromatic carbocycles. The van der Waals surface area contributed by atoms with E-state index in [9.17, 15) is 0 Å². The van der Waals surface area contributed by atoms with Crippen molar-refractivity contribution in [1.82, 2.24) is 14.6 Å². The van der Waals surface area contributed by atoms with Gasteiger partial charge in [0.1, 0.15) is 0 Å². The largest absolute Gasteiger partial charge is 0.213 e. The highest BCUT2D eigenvalue weighted by atomic mass is 15.3. The second kappa shape index (κ2) is 5.09. The molecule has 0 spiro atoms. The Morgan fingerprint density at radius 3 is 2.68 bits per heavy atom. The lowest BCUT2D eigenvalue weighted by Crippen LogP contribution is -1.96. The highest BCUT2D eigenvalue weighted by Gasteiger charge is 2.25. The summed E-state index contributed by atoms with van der Waals surface area (Å²) in [5.74, 6) is 1.57. The molecule has 0 bridgehead atoms. The molecule has 0 amide bonds. The zero-order chi connectivity index (χ0) is 15.1. The van der Waals surface area contributed by atoms with Gasteiger partial charge in [0.2, 0.25) is 0 Å². The Bertz CT molecular complexity index is 839. The molecule has 0 N–H and O–H groups in total. The smallest absolute Gasteiger partial charge is 0.156 e. The summed E-state index contributed by atoms with van der Waals surface area (Å²) in [6.45, 7) is 6.28. The average Bonchev–Trinajstić information content (AvgIpc) is 3.28. The number of aryl methyl sites for hydroxylation is 1. The van der Waals surface area contributed by atoms with Crippen molar-refractivity contribution in [2.24, 2.45) is 5.92 Å². The van der Waals surface area contributed by atoms with Crippen molar-refractivity contribution >= 4 is 5.65 Å². The van der Waals surface area contributed by atoms with E-state index in [0.29, 0.717) is 5.92 Å². The van der Waals surface area contributed by atoms with Crippen LogP contribution in [0.4, 0.5) is 0 Å². The molecule has 4 rings (SSSR count). The maximum atomic E-state index is 4.71. The molecule has 1 aliphatic carbocycles. The van der Waals surface area contributed by atoms with Crippen molar-refractivity contribution in [2.75, 3.05) is 0 Å². The molecule has 1 saturated carbocycles. The van der Waals surface area contributed by atoms with E-state index in [4.69, 9.17) is 5.10 Å². The third kappa shape index (κ3) is 2.43. The minimum absolute atomic E-state index is 0.697. The van der Waals surface area contributed by atoms with Gasteiger partial charge >= 0.3 is 0 Å². The van der Waals surface area contributed by atoms with Gasteiger partial charge in [-0.25, -0.2) is 9.50 Å². The predicted octanol–water partition coefficient (Wildman–Crippen LogP) is 4.21. The van der Waals surface area contributed by atoms with Crippen LogP contribution in [-0.2, 0) is 6.42 Å². The predicted molar refractivity (Wildman–Crippen MR) is 88.7 cm³/mol.